The summed E-state index contributed by atoms with van der Waals surface area (Å²) in [6, 6.07) is 2.41. The summed E-state index contributed by atoms with van der Waals surface area (Å²) < 4.78 is 0. The van der Waals surface area contributed by atoms with Crippen LogP contribution in [0.4, 0.5) is 0 Å². The molecular weight excluding hydrogens is 220 g/mol. The molecular formula is C16H26N2. The van der Waals surface area contributed by atoms with Gasteiger partial charge in [0.15, 0.2) is 0 Å². The Bertz CT molecular complexity index is 328. The van der Waals surface area contributed by atoms with Crippen LogP contribution in [0.15, 0.2) is 0 Å². The van der Waals surface area contributed by atoms with Gasteiger partial charge in [0.1, 0.15) is 0 Å². The number of nitrogens with zero attached hydrogens (tertiary/aromatic N) is 1. The molecule has 4 aliphatic carbocycles. The molecule has 0 unspecified atom stereocenters. The summed E-state index contributed by atoms with van der Waals surface area (Å²) in [5.74, 6) is 3.02. The van der Waals surface area contributed by atoms with E-state index in [0.29, 0.717) is 5.54 Å². The summed E-state index contributed by atoms with van der Waals surface area (Å²) in [5.41, 5.74) is 0.287. The van der Waals surface area contributed by atoms with E-state index >= 15 is 0 Å². The van der Waals surface area contributed by atoms with Crippen molar-refractivity contribution >= 4 is 0 Å². The van der Waals surface area contributed by atoms with E-state index in [2.05, 4.69) is 11.4 Å². The Kier molecular flexibility index (Phi) is 2.94. The first-order chi connectivity index (χ1) is 8.50. The highest BCUT2D eigenvalue weighted by Gasteiger charge is 2.50. The van der Waals surface area contributed by atoms with Gasteiger partial charge < -0.3 is 5.32 Å². The van der Waals surface area contributed by atoms with E-state index in [0.717, 1.165) is 30.7 Å². The summed E-state index contributed by atoms with van der Waals surface area (Å²) in [7, 11) is 0. The minimum atomic E-state index is -0.171. The van der Waals surface area contributed by atoms with Crippen molar-refractivity contribution in [2.45, 2.75) is 64.3 Å². The summed E-state index contributed by atoms with van der Waals surface area (Å²) in [5, 5.41) is 12.9. The van der Waals surface area contributed by atoms with Gasteiger partial charge in [0.25, 0.3) is 0 Å². The zero-order valence-electron chi connectivity index (χ0n) is 11.8. The Morgan fingerprint density at radius 3 is 2.06 bits per heavy atom. The fraction of sp³-hybridized carbons (Fsp3) is 0.938. The molecule has 4 saturated carbocycles. The van der Waals surface area contributed by atoms with Gasteiger partial charge in [0.2, 0.25) is 0 Å². The molecule has 0 aliphatic heterocycles. The zero-order valence-corrected chi connectivity index (χ0v) is 11.8. The first kappa shape index (κ1) is 12.5. The topological polar surface area (TPSA) is 35.8 Å². The van der Waals surface area contributed by atoms with Gasteiger partial charge in [-0.3, -0.25) is 0 Å². The Morgan fingerprint density at radius 1 is 1.11 bits per heavy atom. The molecule has 0 spiro atoms. The van der Waals surface area contributed by atoms with Crippen LogP contribution < -0.4 is 5.32 Å². The van der Waals surface area contributed by atoms with Gasteiger partial charge in [-0.05, 0) is 83.1 Å². The maximum absolute atomic E-state index is 9.08. The van der Waals surface area contributed by atoms with Gasteiger partial charge in [-0.2, -0.15) is 5.26 Å². The van der Waals surface area contributed by atoms with Gasteiger partial charge in [-0.15, -0.1) is 0 Å². The van der Waals surface area contributed by atoms with Crippen LogP contribution in [0.5, 0.6) is 0 Å². The van der Waals surface area contributed by atoms with E-state index in [1.165, 1.54) is 38.5 Å². The molecule has 4 fully saturated rings. The number of hydrogen-bond acceptors (Lipinski definition) is 2. The minimum absolute atomic E-state index is 0.171. The molecule has 2 heteroatoms. The molecule has 4 aliphatic rings. The molecule has 0 aromatic carbocycles. The predicted molar refractivity (Wildman–Crippen MR) is 72.9 cm³/mol. The van der Waals surface area contributed by atoms with Gasteiger partial charge in [-0.1, -0.05) is 0 Å². The highest BCUT2D eigenvalue weighted by atomic mass is 15.0. The molecule has 0 aromatic heterocycles. The van der Waals surface area contributed by atoms with Crippen molar-refractivity contribution in [3.8, 4) is 6.07 Å². The SMILES string of the molecule is CC(C)(C#N)CCNC12CC3CC(CC(C3)C1)C2. The van der Waals surface area contributed by atoms with Crippen LogP contribution in [0.25, 0.3) is 0 Å². The van der Waals surface area contributed by atoms with Crippen molar-refractivity contribution in [1.82, 2.24) is 5.32 Å². The third-order valence-electron chi connectivity index (χ3n) is 5.59. The van der Waals surface area contributed by atoms with Crippen LogP contribution in [-0.4, -0.2) is 12.1 Å². The van der Waals surface area contributed by atoms with Crippen LogP contribution >= 0.6 is 0 Å². The molecule has 0 heterocycles. The quantitative estimate of drug-likeness (QED) is 0.824. The van der Waals surface area contributed by atoms with Crippen molar-refractivity contribution in [1.29, 1.82) is 5.26 Å². The van der Waals surface area contributed by atoms with Crippen LogP contribution in [0.3, 0.4) is 0 Å². The first-order valence-electron chi connectivity index (χ1n) is 7.67. The van der Waals surface area contributed by atoms with E-state index in [-0.39, 0.29) is 5.41 Å². The van der Waals surface area contributed by atoms with E-state index in [9.17, 15) is 0 Å². The molecule has 4 rings (SSSR count). The average Bonchev–Trinajstić information content (AvgIpc) is 2.26. The first-order valence-corrected chi connectivity index (χ1v) is 7.67. The second-order valence-corrected chi connectivity index (χ2v) is 7.87. The Labute approximate surface area is 111 Å². The molecule has 0 amide bonds. The summed E-state index contributed by atoms with van der Waals surface area (Å²) >= 11 is 0. The minimum Gasteiger partial charge on any atom is -0.311 e. The maximum Gasteiger partial charge on any atom is 0.0684 e. The van der Waals surface area contributed by atoms with Crippen molar-refractivity contribution < 1.29 is 0 Å². The van der Waals surface area contributed by atoms with E-state index in [4.69, 9.17) is 5.26 Å². The standard InChI is InChI=1S/C16H26N2/c1-15(2,11-17)3-4-18-16-8-12-5-13(9-16)7-14(6-12)10-16/h12-14,18H,3-10H2,1-2H3. The number of rotatable bonds is 4. The second kappa shape index (κ2) is 4.23. The monoisotopic (exact) mass is 246 g/mol. The lowest BCUT2D eigenvalue weighted by atomic mass is 9.53. The number of nitrogens with one attached hydrogen (secondary N) is 1. The fourth-order valence-corrected chi connectivity index (χ4v) is 5.02. The summed E-state index contributed by atoms with van der Waals surface area (Å²) in [6.45, 7) is 5.12. The van der Waals surface area contributed by atoms with Crippen molar-refractivity contribution in [2.24, 2.45) is 23.2 Å². The largest absolute Gasteiger partial charge is 0.311 e. The molecule has 4 bridgehead atoms. The third-order valence-corrected chi connectivity index (χ3v) is 5.59. The van der Waals surface area contributed by atoms with E-state index in [1.54, 1.807) is 0 Å². The molecule has 1 N–H and O–H groups in total. The molecule has 0 atom stereocenters. The molecule has 18 heavy (non-hydrogen) atoms. The van der Waals surface area contributed by atoms with Crippen LogP contribution in [0.1, 0.15) is 58.8 Å². The molecule has 2 nitrogen and oxygen atoms in total. The van der Waals surface area contributed by atoms with Gasteiger partial charge in [0.05, 0.1) is 11.5 Å². The fourth-order valence-electron chi connectivity index (χ4n) is 5.02. The summed E-state index contributed by atoms with van der Waals surface area (Å²) in [6.07, 6.45) is 9.72. The second-order valence-electron chi connectivity index (χ2n) is 7.87. The van der Waals surface area contributed by atoms with Crippen LogP contribution in [-0.2, 0) is 0 Å². The van der Waals surface area contributed by atoms with Gasteiger partial charge in [-0.25, -0.2) is 0 Å². The number of nitriles is 1. The van der Waals surface area contributed by atoms with Gasteiger partial charge >= 0.3 is 0 Å². The Balaban J connectivity index is 1.58. The lowest BCUT2D eigenvalue weighted by molar-refractivity contribution is -0.0202. The lowest BCUT2D eigenvalue weighted by Gasteiger charge is -2.57. The molecule has 0 saturated heterocycles. The van der Waals surface area contributed by atoms with Crippen LogP contribution in [0.2, 0.25) is 0 Å². The maximum atomic E-state index is 9.08. The summed E-state index contributed by atoms with van der Waals surface area (Å²) in [4.78, 5) is 0. The third kappa shape index (κ3) is 2.30. The van der Waals surface area contributed by atoms with Crippen LogP contribution in [0, 0.1) is 34.5 Å². The number of hydrogen-bond donors (Lipinski definition) is 1. The van der Waals surface area contributed by atoms with Crippen molar-refractivity contribution in [3.05, 3.63) is 0 Å². The lowest BCUT2D eigenvalue weighted by Crippen LogP contribution is -2.58. The molecule has 0 radical (unpaired) electrons. The van der Waals surface area contributed by atoms with E-state index in [1.807, 2.05) is 13.8 Å². The molecule has 100 valence electrons. The Hall–Kier alpha value is -0.550. The highest BCUT2D eigenvalue weighted by Crippen LogP contribution is 2.55. The smallest absolute Gasteiger partial charge is 0.0684 e. The molecule has 0 aromatic rings. The van der Waals surface area contributed by atoms with Crippen molar-refractivity contribution in [2.75, 3.05) is 6.54 Å². The normalized spacial score (nSPS) is 41.9. The predicted octanol–water partition coefficient (Wildman–Crippen LogP) is 3.48. The Morgan fingerprint density at radius 2 is 1.61 bits per heavy atom. The average molecular weight is 246 g/mol. The van der Waals surface area contributed by atoms with Crippen molar-refractivity contribution in [3.63, 3.8) is 0 Å². The van der Waals surface area contributed by atoms with E-state index < -0.39 is 0 Å². The highest BCUT2D eigenvalue weighted by molar-refractivity contribution is 5.06. The zero-order chi connectivity index (χ0) is 12.8. The van der Waals surface area contributed by atoms with Gasteiger partial charge in [0, 0.05) is 5.54 Å².